The third kappa shape index (κ3) is 5.79. The van der Waals surface area contributed by atoms with Gasteiger partial charge in [-0.2, -0.15) is 0 Å². The highest BCUT2D eigenvalue weighted by atomic mass is 16.5. The molecule has 5 nitrogen and oxygen atoms in total. The van der Waals surface area contributed by atoms with Crippen molar-refractivity contribution in [3.63, 3.8) is 0 Å². The van der Waals surface area contributed by atoms with Crippen LogP contribution in [0.4, 0.5) is 0 Å². The third-order valence-corrected chi connectivity index (χ3v) is 3.24. The number of hydrogen-bond donors (Lipinski definition) is 1. The second-order valence-corrected chi connectivity index (χ2v) is 4.65. The molecule has 1 atom stereocenters. The number of nitrogens with two attached hydrogens (primary N) is 1. The Morgan fingerprint density at radius 1 is 1.24 bits per heavy atom. The van der Waals surface area contributed by atoms with Crippen molar-refractivity contribution in [1.82, 2.24) is 9.80 Å². The van der Waals surface area contributed by atoms with E-state index in [1.807, 2.05) is 0 Å². The second-order valence-electron chi connectivity index (χ2n) is 4.65. The zero-order valence-electron chi connectivity index (χ0n) is 11.2. The lowest BCUT2D eigenvalue weighted by Gasteiger charge is -2.39. The molecule has 1 rings (SSSR count). The molecule has 1 saturated heterocycles. The molecule has 0 aromatic heterocycles. The maximum Gasteiger partial charge on any atom is 0.0593 e. The van der Waals surface area contributed by atoms with Crippen molar-refractivity contribution in [2.75, 3.05) is 66.7 Å². The zero-order valence-corrected chi connectivity index (χ0v) is 11.2. The Balaban J connectivity index is 2.08. The number of nitrogens with zero attached hydrogens (tertiary/aromatic N) is 2. The Hall–Kier alpha value is -0.200. The molecule has 102 valence electrons. The van der Waals surface area contributed by atoms with Crippen LogP contribution in [0.3, 0.4) is 0 Å². The van der Waals surface area contributed by atoms with Crippen molar-refractivity contribution in [1.29, 1.82) is 0 Å². The van der Waals surface area contributed by atoms with Crippen molar-refractivity contribution in [3.05, 3.63) is 0 Å². The summed E-state index contributed by atoms with van der Waals surface area (Å²) < 4.78 is 10.6. The van der Waals surface area contributed by atoms with E-state index in [0.717, 1.165) is 59.0 Å². The number of rotatable bonds is 8. The van der Waals surface area contributed by atoms with Crippen molar-refractivity contribution >= 4 is 0 Å². The maximum absolute atomic E-state index is 5.80. The van der Waals surface area contributed by atoms with Gasteiger partial charge >= 0.3 is 0 Å². The van der Waals surface area contributed by atoms with E-state index in [1.165, 1.54) is 0 Å². The van der Waals surface area contributed by atoms with Gasteiger partial charge in [-0.05, 0) is 13.5 Å². The summed E-state index contributed by atoms with van der Waals surface area (Å²) in [6.45, 7) is 7.37. The van der Waals surface area contributed by atoms with E-state index in [4.69, 9.17) is 15.2 Å². The predicted octanol–water partition coefficient (Wildman–Crippen LogP) is -0.386. The lowest BCUT2D eigenvalue weighted by molar-refractivity contribution is 0.0450. The van der Waals surface area contributed by atoms with Gasteiger partial charge in [0.25, 0.3) is 0 Å². The zero-order chi connectivity index (χ0) is 12.5. The summed E-state index contributed by atoms with van der Waals surface area (Å²) in [5, 5.41) is 0. The average Bonchev–Trinajstić information content (AvgIpc) is 2.35. The van der Waals surface area contributed by atoms with Crippen molar-refractivity contribution in [2.45, 2.75) is 12.5 Å². The van der Waals surface area contributed by atoms with E-state index in [9.17, 15) is 0 Å². The monoisotopic (exact) mass is 245 g/mol. The van der Waals surface area contributed by atoms with Gasteiger partial charge in [-0.1, -0.05) is 0 Å². The van der Waals surface area contributed by atoms with Crippen LogP contribution in [0.2, 0.25) is 0 Å². The van der Waals surface area contributed by atoms with E-state index in [2.05, 4.69) is 16.8 Å². The highest BCUT2D eigenvalue weighted by molar-refractivity contribution is 4.81. The minimum absolute atomic E-state index is 0.483. The molecule has 0 radical (unpaired) electrons. The van der Waals surface area contributed by atoms with Crippen LogP contribution in [0.5, 0.6) is 0 Å². The normalized spacial score (nSPS) is 23.1. The Morgan fingerprint density at radius 2 is 2.06 bits per heavy atom. The molecule has 0 amide bonds. The van der Waals surface area contributed by atoms with Crippen LogP contribution >= 0.6 is 0 Å². The van der Waals surface area contributed by atoms with Crippen LogP contribution in [-0.2, 0) is 9.47 Å². The van der Waals surface area contributed by atoms with E-state index in [-0.39, 0.29) is 0 Å². The molecular weight excluding hydrogens is 218 g/mol. The molecule has 0 spiro atoms. The lowest BCUT2D eigenvalue weighted by Crippen LogP contribution is -2.55. The minimum atomic E-state index is 0.483. The summed E-state index contributed by atoms with van der Waals surface area (Å²) in [6, 6.07) is 0.483. The topological polar surface area (TPSA) is 51.0 Å². The van der Waals surface area contributed by atoms with Crippen LogP contribution in [0, 0.1) is 0 Å². The summed E-state index contributed by atoms with van der Waals surface area (Å²) in [6.07, 6.45) is 0.972. The van der Waals surface area contributed by atoms with E-state index in [0.29, 0.717) is 6.04 Å². The largest absolute Gasteiger partial charge is 0.385 e. The molecular formula is C12H27N3O2. The number of methoxy groups -OCH3 is 1. The predicted molar refractivity (Wildman–Crippen MR) is 69.2 cm³/mol. The summed E-state index contributed by atoms with van der Waals surface area (Å²) in [5.41, 5.74) is 5.80. The summed E-state index contributed by atoms with van der Waals surface area (Å²) >= 11 is 0. The van der Waals surface area contributed by atoms with Gasteiger partial charge in [-0.15, -0.1) is 0 Å². The maximum atomic E-state index is 5.80. The fourth-order valence-electron chi connectivity index (χ4n) is 2.16. The van der Waals surface area contributed by atoms with E-state index >= 15 is 0 Å². The quantitative estimate of drug-likeness (QED) is 0.591. The Bertz CT molecular complexity index is 193. The Labute approximate surface area is 105 Å². The van der Waals surface area contributed by atoms with Crippen molar-refractivity contribution in [3.8, 4) is 0 Å². The van der Waals surface area contributed by atoms with Gasteiger partial charge in [0, 0.05) is 59.1 Å². The first kappa shape index (κ1) is 14.9. The number of ether oxygens (including phenoxy) is 2. The fourth-order valence-corrected chi connectivity index (χ4v) is 2.16. The van der Waals surface area contributed by atoms with Crippen molar-refractivity contribution in [2.24, 2.45) is 5.73 Å². The van der Waals surface area contributed by atoms with E-state index < -0.39 is 0 Å². The van der Waals surface area contributed by atoms with Crippen molar-refractivity contribution < 1.29 is 9.47 Å². The van der Waals surface area contributed by atoms with Gasteiger partial charge < -0.3 is 20.1 Å². The highest BCUT2D eigenvalue weighted by Crippen LogP contribution is 2.06. The lowest BCUT2D eigenvalue weighted by atomic mass is 10.2. The molecule has 17 heavy (non-hydrogen) atoms. The van der Waals surface area contributed by atoms with Gasteiger partial charge in [0.15, 0.2) is 0 Å². The number of likely N-dealkylation sites (N-methyl/N-ethyl adjacent to an activating group) is 1. The first-order valence-corrected chi connectivity index (χ1v) is 6.47. The van der Waals surface area contributed by atoms with Gasteiger partial charge in [-0.3, -0.25) is 4.90 Å². The van der Waals surface area contributed by atoms with Crippen LogP contribution in [0.1, 0.15) is 6.42 Å². The molecule has 1 heterocycles. The molecule has 0 aliphatic carbocycles. The SMILES string of the molecule is COCCCOCCN1CCN(C)CC1CN. The summed E-state index contributed by atoms with van der Waals surface area (Å²) in [7, 11) is 3.87. The van der Waals surface area contributed by atoms with Crippen LogP contribution in [0.25, 0.3) is 0 Å². The molecule has 5 heteroatoms. The molecule has 0 bridgehead atoms. The van der Waals surface area contributed by atoms with Crippen LogP contribution in [0.15, 0.2) is 0 Å². The molecule has 0 saturated carbocycles. The number of hydrogen-bond acceptors (Lipinski definition) is 5. The Morgan fingerprint density at radius 3 is 2.76 bits per heavy atom. The minimum Gasteiger partial charge on any atom is -0.385 e. The summed E-state index contributed by atoms with van der Waals surface area (Å²) in [5.74, 6) is 0. The standard InChI is InChI=1S/C12H27N3O2/c1-14-4-5-15(12(10-13)11-14)6-9-17-8-3-7-16-2/h12H,3-11,13H2,1-2H3. The first-order chi connectivity index (χ1) is 8.27. The molecule has 1 aliphatic heterocycles. The Kier molecular flexibility index (Phi) is 7.72. The van der Waals surface area contributed by atoms with Crippen LogP contribution in [-0.4, -0.2) is 82.5 Å². The molecule has 2 N–H and O–H groups in total. The smallest absolute Gasteiger partial charge is 0.0593 e. The molecule has 1 fully saturated rings. The highest BCUT2D eigenvalue weighted by Gasteiger charge is 2.23. The molecule has 0 aromatic carbocycles. The van der Waals surface area contributed by atoms with Gasteiger partial charge in [0.1, 0.15) is 0 Å². The number of piperazine rings is 1. The van der Waals surface area contributed by atoms with E-state index in [1.54, 1.807) is 7.11 Å². The average molecular weight is 245 g/mol. The second kappa shape index (κ2) is 8.83. The van der Waals surface area contributed by atoms with Gasteiger partial charge in [-0.25, -0.2) is 0 Å². The first-order valence-electron chi connectivity index (χ1n) is 6.47. The van der Waals surface area contributed by atoms with Gasteiger partial charge in [0.2, 0.25) is 0 Å². The van der Waals surface area contributed by atoms with Crippen LogP contribution < -0.4 is 5.73 Å². The fraction of sp³-hybridized carbons (Fsp3) is 1.00. The molecule has 1 unspecified atom stereocenters. The summed E-state index contributed by atoms with van der Waals surface area (Å²) in [4.78, 5) is 4.78. The van der Waals surface area contributed by atoms with Gasteiger partial charge in [0.05, 0.1) is 6.61 Å². The molecule has 0 aromatic rings. The molecule has 1 aliphatic rings. The third-order valence-electron chi connectivity index (χ3n) is 3.24.